The van der Waals surface area contributed by atoms with E-state index in [1.165, 1.54) is 50.5 Å². The molecule has 1 nitrogen and oxygen atoms in total. The topological polar surface area (TPSA) is 9.23 Å². The van der Waals surface area contributed by atoms with Gasteiger partial charge in [0.2, 0.25) is 0 Å². The van der Waals surface area contributed by atoms with Crippen molar-refractivity contribution < 1.29 is 4.74 Å². The van der Waals surface area contributed by atoms with Gasteiger partial charge in [-0.2, -0.15) is 0 Å². The highest BCUT2D eigenvalue weighted by Crippen LogP contribution is 2.23. The van der Waals surface area contributed by atoms with E-state index in [0.717, 1.165) is 5.75 Å². The SMILES string of the molecule is CCCC.Cc1cccc(OC2CCCCC2)c1. The maximum Gasteiger partial charge on any atom is 0.119 e. The zero-order valence-electron chi connectivity index (χ0n) is 12.2. The second-order valence-electron chi connectivity index (χ2n) is 5.19. The molecule has 0 aromatic heterocycles. The van der Waals surface area contributed by atoms with Gasteiger partial charge in [-0.25, -0.2) is 0 Å². The van der Waals surface area contributed by atoms with Crippen LogP contribution in [0.3, 0.4) is 0 Å². The Hall–Kier alpha value is -0.980. The summed E-state index contributed by atoms with van der Waals surface area (Å²) in [7, 11) is 0. The second kappa shape index (κ2) is 9.02. The first-order chi connectivity index (χ1) is 8.76. The van der Waals surface area contributed by atoms with Crippen LogP contribution in [0.5, 0.6) is 5.75 Å². The van der Waals surface area contributed by atoms with Crippen LogP contribution in [0.1, 0.15) is 64.4 Å². The summed E-state index contributed by atoms with van der Waals surface area (Å²) in [5.74, 6) is 1.04. The number of hydrogen-bond acceptors (Lipinski definition) is 1. The molecule has 1 fully saturated rings. The number of hydrogen-bond donors (Lipinski definition) is 0. The van der Waals surface area contributed by atoms with Crippen LogP contribution in [0.15, 0.2) is 24.3 Å². The molecule has 0 atom stereocenters. The van der Waals surface area contributed by atoms with Crippen LogP contribution in [-0.4, -0.2) is 6.10 Å². The lowest BCUT2D eigenvalue weighted by atomic mass is 9.98. The van der Waals surface area contributed by atoms with Crippen molar-refractivity contribution in [1.29, 1.82) is 0 Å². The van der Waals surface area contributed by atoms with Crippen LogP contribution in [-0.2, 0) is 0 Å². The van der Waals surface area contributed by atoms with Crippen molar-refractivity contribution in [3.05, 3.63) is 29.8 Å². The minimum absolute atomic E-state index is 0.463. The molecule has 1 aliphatic carbocycles. The normalized spacial score (nSPS) is 15.7. The molecule has 0 amide bonds. The zero-order valence-corrected chi connectivity index (χ0v) is 12.2. The summed E-state index contributed by atoms with van der Waals surface area (Å²) >= 11 is 0. The molecule has 18 heavy (non-hydrogen) atoms. The Labute approximate surface area is 113 Å². The predicted molar refractivity (Wildman–Crippen MR) is 79.3 cm³/mol. The molecule has 0 spiro atoms. The number of unbranched alkanes of at least 4 members (excludes halogenated alkanes) is 1. The molecule has 1 aromatic rings. The molecule has 0 heterocycles. The predicted octanol–water partition coefficient (Wildman–Crippen LogP) is 5.51. The molecular formula is C17H28O. The van der Waals surface area contributed by atoms with Crippen molar-refractivity contribution >= 4 is 0 Å². The summed E-state index contributed by atoms with van der Waals surface area (Å²) < 4.78 is 5.94. The number of ether oxygens (including phenoxy) is 1. The minimum atomic E-state index is 0.463. The first kappa shape index (κ1) is 15.1. The Morgan fingerprint density at radius 1 is 1.06 bits per heavy atom. The second-order valence-corrected chi connectivity index (χ2v) is 5.19. The summed E-state index contributed by atoms with van der Waals surface area (Å²) in [5.41, 5.74) is 1.28. The van der Waals surface area contributed by atoms with E-state index in [2.05, 4.69) is 45.0 Å². The molecule has 2 rings (SSSR count). The first-order valence-electron chi connectivity index (χ1n) is 7.49. The average molecular weight is 248 g/mol. The van der Waals surface area contributed by atoms with Crippen LogP contribution >= 0.6 is 0 Å². The van der Waals surface area contributed by atoms with Crippen molar-refractivity contribution in [1.82, 2.24) is 0 Å². The van der Waals surface area contributed by atoms with Crippen molar-refractivity contribution in [3.8, 4) is 5.75 Å². The largest absolute Gasteiger partial charge is 0.490 e. The maximum absolute atomic E-state index is 5.94. The minimum Gasteiger partial charge on any atom is -0.490 e. The highest BCUT2D eigenvalue weighted by molar-refractivity contribution is 5.27. The highest BCUT2D eigenvalue weighted by atomic mass is 16.5. The highest BCUT2D eigenvalue weighted by Gasteiger charge is 2.14. The fourth-order valence-electron chi connectivity index (χ4n) is 2.06. The third kappa shape index (κ3) is 6.09. The van der Waals surface area contributed by atoms with Gasteiger partial charge in [-0.05, 0) is 50.3 Å². The first-order valence-corrected chi connectivity index (χ1v) is 7.49. The van der Waals surface area contributed by atoms with Crippen LogP contribution < -0.4 is 4.74 Å². The third-order valence-corrected chi connectivity index (χ3v) is 3.34. The maximum atomic E-state index is 5.94. The fraction of sp³-hybridized carbons (Fsp3) is 0.647. The summed E-state index contributed by atoms with van der Waals surface area (Å²) in [6.45, 7) is 6.47. The molecule has 102 valence electrons. The van der Waals surface area contributed by atoms with E-state index in [1.807, 2.05) is 0 Å². The molecule has 1 heteroatoms. The fourth-order valence-corrected chi connectivity index (χ4v) is 2.06. The molecule has 0 unspecified atom stereocenters. The molecular weight excluding hydrogens is 220 g/mol. The smallest absolute Gasteiger partial charge is 0.119 e. The van der Waals surface area contributed by atoms with Crippen molar-refractivity contribution in [2.75, 3.05) is 0 Å². The average Bonchev–Trinajstić information content (AvgIpc) is 2.40. The van der Waals surface area contributed by atoms with E-state index < -0.39 is 0 Å². The third-order valence-electron chi connectivity index (χ3n) is 3.34. The van der Waals surface area contributed by atoms with Gasteiger partial charge in [0.15, 0.2) is 0 Å². The lowest BCUT2D eigenvalue weighted by Crippen LogP contribution is -2.19. The van der Waals surface area contributed by atoms with Gasteiger partial charge in [0.25, 0.3) is 0 Å². The molecule has 0 radical (unpaired) electrons. The van der Waals surface area contributed by atoms with E-state index in [1.54, 1.807) is 0 Å². The van der Waals surface area contributed by atoms with Crippen molar-refractivity contribution in [2.24, 2.45) is 0 Å². The van der Waals surface area contributed by atoms with Crippen LogP contribution in [0.4, 0.5) is 0 Å². The Morgan fingerprint density at radius 2 is 1.72 bits per heavy atom. The molecule has 1 saturated carbocycles. The van der Waals surface area contributed by atoms with Gasteiger partial charge in [0.05, 0.1) is 6.10 Å². The number of aryl methyl sites for hydroxylation is 1. The lowest BCUT2D eigenvalue weighted by Gasteiger charge is -2.23. The summed E-state index contributed by atoms with van der Waals surface area (Å²) in [6.07, 6.45) is 9.60. The Balaban J connectivity index is 0.000000357. The summed E-state index contributed by atoms with van der Waals surface area (Å²) in [4.78, 5) is 0. The van der Waals surface area contributed by atoms with E-state index in [4.69, 9.17) is 4.74 Å². The molecule has 1 aromatic carbocycles. The van der Waals surface area contributed by atoms with Crippen LogP contribution in [0.2, 0.25) is 0 Å². The van der Waals surface area contributed by atoms with E-state index >= 15 is 0 Å². The Kier molecular flexibility index (Phi) is 7.55. The van der Waals surface area contributed by atoms with Gasteiger partial charge in [-0.3, -0.25) is 0 Å². The Morgan fingerprint density at radius 3 is 2.28 bits per heavy atom. The summed E-state index contributed by atoms with van der Waals surface area (Å²) in [5, 5.41) is 0. The van der Waals surface area contributed by atoms with E-state index in [0.29, 0.717) is 6.10 Å². The van der Waals surface area contributed by atoms with E-state index in [-0.39, 0.29) is 0 Å². The molecule has 0 bridgehead atoms. The van der Waals surface area contributed by atoms with Gasteiger partial charge in [0, 0.05) is 0 Å². The quantitative estimate of drug-likeness (QED) is 0.685. The Bertz CT molecular complexity index is 311. The standard InChI is InChI=1S/C13H18O.C4H10/c1-11-6-5-9-13(10-11)14-12-7-3-2-4-8-12;1-3-4-2/h5-6,9-10,12H,2-4,7-8H2,1H3;3-4H2,1-2H3. The van der Waals surface area contributed by atoms with Gasteiger partial charge in [-0.15, -0.1) is 0 Å². The van der Waals surface area contributed by atoms with Crippen molar-refractivity contribution in [3.63, 3.8) is 0 Å². The van der Waals surface area contributed by atoms with Gasteiger partial charge in [-0.1, -0.05) is 45.2 Å². The van der Waals surface area contributed by atoms with Crippen LogP contribution in [0, 0.1) is 6.92 Å². The van der Waals surface area contributed by atoms with Gasteiger partial charge < -0.3 is 4.74 Å². The number of rotatable bonds is 3. The molecule has 1 aliphatic rings. The molecule has 0 aliphatic heterocycles. The summed E-state index contributed by atoms with van der Waals surface area (Å²) in [6, 6.07) is 8.34. The number of benzene rings is 1. The molecule has 0 saturated heterocycles. The monoisotopic (exact) mass is 248 g/mol. The van der Waals surface area contributed by atoms with Gasteiger partial charge >= 0.3 is 0 Å². The van der Waals surface area contributed by atoms with Crippen LogP contribution in [0.25, 0.3) is 0 Å². The van der Waals surface area contributed by atoms with E-state index in [9.17, 15) is 0 Å². The van der Waals surface area contributed by atoms with Gasteiger partial charge in [0.1, 0.15) is 5.75 Å². The lowest BCUT2D eigenvalue weighted by molar-refractivity contribution is 0.155. The molecule has 0 N–H and O–H groups in total. The van der Waals surface area contributed by atoms with Crippen molar-refractivity contribution in [2.45, 2.75) is 71.8 Å². The zero-order chi connectivity index (χ0) is 13.2.